The largest absolute Gasteiger partial charge is 0.497 e. The van der Waals surface area contributed by atoms with Crippen molar-refractivity contribution < 1.29 is 14.3 Å². The van der Waals surface area contributed by atoms with Crippen LogP contribution in [-0.4, -0.2) is 64.9 Å². The number of aryl methyl sites for hydroxylation is 1. The summed E-state index contributed by atoms with van der Waals surface area (Å²) in [5.74, 6) is 0.517. The number of rotatable bonds is 3. The Morgan fingerprint density at radius 2 is 1.79 bits per heavy atom. The number of piperazine rings is 1. The van der Waals surface area contributed by atoms with Gasteiger partial charge in [0, 0.05) is 37.4 Å². The lowest BCUT2D eigenvalue weighted by molar-refractivity contribution is 0.0532. The molecule has 0 radical (unpaired) electrons. The van der Waals surface area contributed by atoms with Crippen LogP contribution in [0.2, 0.25) is 0 Å². The van der Waals surface area contributed by atoms with Crippen LogP contribution >= 0.6 is 0 Å². The zero-order valence-electron chi connectivity index (χ0n) is 13.8. The summed E-state index contributed by atoms with van der Waals surface area (Å²) in [5.41, 5.74) is 1.80. The van der Waals surface area contributed by atoms with Crippen LogP contribution in [0.5, 0.6) is 5.75 Å². The summed E-state index contributed by atoms with van der Waals surface area (Å²) in [7, 11) is 1.57. The normalized spacial score (nSPS) is 14.6. The van der Waals surface area contributed by atoms with Crippen molar-refractivity contribution >= 4 is 11.8 Å². The van der Waals surface area contributed by atoms with Crippen molar-refractivity contribution in [3.63, 3.8) is 0 Å². The molecule has 1 aliphatic heterocycles. The molecule has 1 aromatic carbocycles. The third-order valence-electron chi connectivity index (χ3n) is 4.20. The molecular weight excluding hydrogens is 308 g/mol. The molecule has 24 heavy (non-hydrogen) atoms. The number of methoxy groups -OCH3 is 1. The average Bonchev–Trinajstić information content (AvgIpc) is 3.06. The highest BCUT2D eigenvalue weighted by molar-refractivity contribution is 5.95. The van der Waals surface area contributed by atoms with Crippen molar-refractivity contribution in [2.24, 2.45) is 0 Å². The fourth-order valence-corrected chi connectivity index (χ4v) is 2.78. The van der Waals surface area contributed by atoms with E-state index in [9.17, 15) is 9.59 Å². The minimum absolute atomic E-state index is 0.0445. The molecule has 1 fully saturated rings. The number of H-pyrrole nitrogens is 1. The SMILES string of the molecule is COc1cccc(C(=O)N2CCN(C(=O)c3nc[nH]c3C)CC2)c1. The van der Waals surface area contributed by atoms with Gasteiger partial charge in [-0.1, -0.05) is 6.07 Å². The van der Waals surface area contributed by atoms with Crippen molar-refractivity contribution in [1.29, 1.82) is 0 Å². The molecule has 0 atom stereocenters. The topological polar surface area (TPSA) is 78.5 Å². The van der Waals surface area contributed by atoms with Gasteiger partial charge in [0.1, 0.15) is 11.4 Å². The van der Waals surface area contributed by atoms with E-state index in [2.05, 4.69) is 9.97 Å². The number of aromatic amines is 1. The molecular formula is C17H20N4O3. The molecule has 1 N–H and O–H groups in total. The Morgan fingerprint density at radius 1 is 1.12 bits per heavy atom. The molecule has 2 heterocycles. The maximum atomic E-state index is 12.6. The van der Waals surface area contributed by atoms with Crippen LogP contribution in [0.1, 0.15) is 26.5 Å². The van der Waals surface area contributed by atoms with Crippen LogP contribution in [0.4, 0.5) is 0 Å². The zero-order chi connectivity index (χ0) is 17.1. The first-order valence-electron chi connectivity index (χ1n) is 7.82. The lowest BCUT2D eigenvalue weighted by Gasteiger charge is -2.34. The van der Waals surface area contributed by atoms with Gasteiger partial charge < -0.3 is 19.5 Å². The first-order chi connectivity index (χ1) is 11.6. The quantitative estimate of drug-likeness (QED) is 0.922. The molecule has 1 aliphatic rings. The highest BCUT2D eigenvalue weighted by Gasteiger charge is 2.27. The Balaban J connectivity index is 1.63. The van der Waals surface area contributed by atoms with Crippen molar-refractivity contribution in [3.8, 4) is 5.75 Å². The van der Waals surface area contributed by atoms with Gasteiger partial charge >= 0.3 is 0 Å². The molecule has 0 unspecified atom stereocenters. The molecule has 0 saturated carbocycles. The van der Waals surface area contributed by atoms with Crippen molar-refractivity contribution in [3.05, 3.63) is 47.5 Å². The van der Waals surface area contributed by atoms with E-state index in [-0.39, 0.29) is 11.8 Å². The molecule has 7 nitrogen and oxygen atoms in total. The number of imidazole rings is 1. The minimum Gasteiger partial charge on any atom is -0.497 e. The first-order valence-corrected chi connectivity index (χ1v) is 7.82. The second kappa shape index (κ2) is 6.74. The fraction of sp³-hybridized carbons (Fsp3) is 0.353. The van der Waals surface area contributed by atoms with Crippen LogP contribution in [0.3, 0.4) is 0 Å². The van der Waals surface area contributed by atoms with Crippen LogP contribution < -0.4 is 4.74 Å². The second-order valence-electron chi connectivity index (χ2n) is 5.69. The monoisotopic (exact) mass is 328 g/mol. The number of hydrogen-bond acceptors (Lipinski definition) is 4. The van der Waals surface area contributed by atoms with Crippen molar-refractivity contribution in [2.45, 2.75) is 6.92 Å². The van der Waals surface area contributed by atoms with E-state index in [1.54, 1.807) is 41.2 Å². The van der Waals surface area contributed by atoms with Gasteiger partial charge in [-0.2, -0.15) is 0 Å². The predicted octanol–water partition coefficient (Wildman–Crippen LogP) is 1.32. The van der Waals surface area contributed by atoms with Crippen LogP contribution in [0, 0.1) is 6.92 Å². The summed E-state index contributed by atoms with van der Waals surface area (Å²) in [6.45, 7) is 3.83. The third-order valence-corrected chi connectivity index (χ3v) is 4.20. The van der Waals surface area contributed by atoms with Crippen molar-refractivity contribution in [1.82, 2.24) is 19.8 Å². The molecule has 1 saturated heterocycles. The van der Waals surface area contributed by atoms with Gasteiger partial charge in [-0.15, -0.1) is 0 Å². The fourth-order valence-electron chi connectivity index (χ4n) is 2.78. The number of amides is 2. The number of benzene rings is 1. The number of ether oxygens (including phenoxy) is 1. The Kier molecular flexibility index (Phi) is 4.50. The summed E-state index contributed by atoms with van der Waals surface area (Å²) >= 11 is 0. The third kappa shape index (κ3) is 3.10. The van der Waals surface area contributed by atoms with E-state index in [0.29, 0.717) is 43.2 Å². The highest BCUT2D eigenvalue weighted by Crippen LogP contribution is 2.16. The maximum absolute atomic E-state index is 12.6. The Hall–Kier alpha value is -2.83. The number of nitrogens with one attached hydrogen (secondary N) is 1. The Morgan fingerprint density at radius 3 is 2.38 bits per heavy atom. The predicted molar refractivity (Wildman–Crippen MR) is 88.1 cm³/mol. The van der Waals surface area contributed by atoms with Gasteiger partial charge in [-0.3, -0.25) is 9.59 Å². The van der Waals surface area contributed by atoms with Crippen LogP contribution in [-0.2, 0) is 0 Å². The van der Waals surface area contributed by atoms with E-state index in [0.717, 1.165) is 5.69 Å². The standard InChI is InChI=1S/C17H20N4O3/c1-12-15(19-11-18-12)17(23)21-8-6-20(7-9-21)16(22)13-4-3-5-14(10-13)24-2/h3-5,10-11H,6-9H2,1-2H3,(H,18,19). The number of aromatic nitrogens is 2. The summed E-state index contributed by atoms with van der Waals surface area (Å²) < 4.78 is 5.16. The lowest BCUT2D eigenvalue weighted by atomic mass is 10.1. The first kappa shape index (κ1) is 16.0. The van der Waals surface area contributed by atoms with Crippen LogP contribution in [0.25, 0.3) is 0 Å². The smallest absolute Gasteiger partial charge is 0.274 e. The zero-order valence-corrected chi connectivity index (χ0v) is 13.8. The minimum atomic E-state index is -0.0952. The number of nitrogens with zero attached hydrogens (tertiary/aromatic N) is 3. The van der Waals surface area contributed by atoms with Gasteiger partial charge in [0.05, 0.1) is 13.4 Å². The van der Waals surface area contributed by atoms with Crippen molar-refractivity contribution in [2.75, 3.05) is 33.3 Å². The van der Waals surface area contributed by atoms with Crippen LogP contribution in [0.15, 0.2) is 30.6 Å². The van der Waals surface area contributed by atoms with Gasteiger partial charge in [0.15, 0.2) is 0 Å². The molecule has 1 aromatic heterocycles. The number of carbonyl (C=O) groups excluding carboxylic acids is 2. The molecule has 7 heteroatoms. The van der Waals surface area contributed by atoms with Gasteiger partial charge in [-0.25, -0.2) is 4.98 Å². The molecule has 3 rings (SSSR count). The van der Waals surface area contributed by atoms with E-state index in [4.69, 9.17) is 4.74 Å². The molecule has 2 amide bonds. The summed E-state index contributed by atoms with van der Waals surface area (Å²) in [6.07, 6.45) is 1.52. The van der Waals surface area contributed by atoms with E-state index in [1.807, 2.05) is 6.92 Å². The number of hydrogen-bond donors (Lipinski definition) is 1. The number of carbonyl (C=O) groups is 2. The van der Waals surface area contributed by atoms with E-state index in [1.165, 1.54) is 6.33 Å². The summed E-state index contributed by atoms with van der Waals surface area (Å²) in [6, 6.07) is 7.11. The molecule has 2 aromatic rings. The van der Waals surface area contributed by atoms with E-state index >= 15 is 0 Å². The molecule has 0 bridgehead atoms. The average molecular weight is 328 g/mol. The lowest BCUT2D eigenvalue weighted by Crippen LogP contribution is -2.50. The Bertz CT molecular complexity index is 748. The van der Waals surface area contributed by atoms with E-state index < -0.39 is 0 Å². The highest BCUT2D eigenvalue weighted by atomic mass is 16.5. The summed E-state index contributed by atoms with van der Waals surface area (Å²) in [5, 5.41) is 0. The van der Waals surface area contributed by atoms with Gasteiger partial charge in [-0.05, 0) is 25.1 Å². The summed E-state index contributed by atoms with van der Waals surface area (Å²) in [4.78, 5) is 35.5. The van der Waals surface area contributed by atoms with Gasteiger partial charge in [0.25, 0.3) is 11.8 Å². The molecule has 126 valence electrons. The molecule has 0 aliphatic carbocycles. The second-order valence-corrected chi connectivity index (χ2v) is 5.69. The Labute approximate surface area is 140 Å². The maximum Gasteiger partial charge on any atom is 0.274 e. The molecule has 0 spiro atoms. The van der Waals surface area contributed by atoms with Gasteiger partial charge in [0.2, 0.25) is 0 Å².